The van der Waals surface area contributed by atoms with Crippen molar-refractivity contribution in [1.29, 1.82) is 0 Å². The maximum Gasteiger partial charge on any atom is 0.239 e. The Morgan fingerprint density at radius 2 is 2.16 bits per heavy atom. The molecule has 2 rings (SSSR count). The summed E-state index contributed by atoms with van der Waals surface area (Å²) < 4.78 is 5.30. The summed E-state index contributed by atoms with van der Waals surface area (Å²) >= 11 is 0. The molecule has 1 amide bonds. The normalized spacial score (nSPS) is 31.8. The number of morpholine rings is 1. The number of rotatable bonds is 2. The van der Waals surface area contributed by atoms with Crippen molar-refractivity contribution >= 4 is 30.7 Å². The molecule has 0 spiro atoms. The summed E-state index contributed by atoms with van der Waals surface area (Å²) in [6.45, 7) is 5.23. The molecular formula is C12H25Cl2N3O2. The lowest BCUT2D eigenvalue weighted by molar-refractivity contribution is -0.127. The minimum atomic E-state index is -0.168. The first-order chi connectivity index (χ1) is 8.16. The van der Waals surface area contributed by atoms with E-state index in [2.05, 4.69) is 29.5 Å². The fourth-order valence-corrected chi connectivity index (χ4v) is 2.46. The van der Waals surface area contributed by atoms with Crippen LogP contribution in [-0.2, 0) is 9.53 Å². The van der Waals surface area contributed by atoms with Gasteiger partial charge in [0.15, 0.2) is 0 Å². The van der Waals surface area contributed by atoms with E-state index < -0.39 is 0 Å². The number of amides is 1. The number of piperidine rings is 1. The lowest BCUT2D eigenvalue weighted by Gasteiger charge is -2.36. The van der Waals surface area contributed by atoms with Gasteiger partial charge in [-0.3, -0.25) is 4.79 Å². The summed E-state index contributed by atoms with van der Waals surface area (Å²) in [5, 5.41) is 6.31. The molecule has 0 aromatic rings. The van der Waals surface area contributed by atoms with Gasteiger partial charge in [-0.25, -0.2) is 0 Å². The van der Waals surface area contributed by atoms with Crippen molar-refractivity contribution < 1.29 is 9.53 Å². The minimum absolute atomic E-state index is 0. The summed E-state index contributed by atoms with van der Waals surface area (Å²) in [6.07, 6.45) is 2.08. The van der Waals surface area contributed by atoms with E-state index in [9.17, 15) is 4.79 Å². The van der Waals surface area contributed by atoms with E-state index in [0.717, 1.165) is 25.9 Å². The van der Waals surface area contributed by atoms with E-state index in [1.807, 2.05) is 0 Å². The monoisotopic (exact) mass is 313 g/mol. The molecule has 3 unspecified atom stereocenters. The first kappa shape index (κ1) is 18.9. The van der Waals surface area contributed by atoms with E-state index in [1.165, 1.54) is 0 Å². The van der Waals surface area contributed by atoms with Crippen LogP contribution in [0.2, 0.25) is 0 Å². The number of carbonyl (C=O) groups is 1. The second kappa shape index (κ2) is 8.97. The van der Waals surface area contributed by atoms with E-state index in [1.54, 1.807) is 0 Å². The highest BCUT2D eigenvalue weighted by Gasteiger charge is 2.27. The number of likely N-dealkylation sites (tertiary alicyclic amines) is 1. The fraction of sp³-hybridized carbons (Fsp3) is 0.917. The molecule has 0 aliphatic carbocycles. The number of carbonyl (C=O) groups excluding carboxylic acids is 1. The van der Waals surface area contributed by atoms with Crippen LogP contribution in [0.3, 0.4) is 0 Å². The lowest BCUT2D eigenvalue weighted by atomic mass is 9.98. The zero-order valence-corrected chi connectivity index (χ0v) is 13.2. The van der Waals surface area contributed by atoms with Crippen LogP contribution in [0, 0.1) is 0 Å². The Bertz CT molecular complexity index is 276. The van der Waals surface area contributed by atoms with Crippen LogP contribution in [0.4, 0.5) is 0 Å². The van der Waals surface area contributed by atoms with Crippen molar-refractivity contribution in [1.82, 2.24) is 15.5 Å². The number of hydrogen-bond donors (Lipinski definition) is 2. The molecule has 19 heavy (non-hydrogen) atoms. The van der Waals surface area contributed by atoms with Crippen LogP contribution in [0.15, 0.2) is 0 Å². The molecule has 0 aromatic carbocycles. The topological polar surface area (TPSA) is 53.6 Å². The molecule has 0 aromatic heterocycles. The molecule has 0 radical (unpaired) electrons. The molecule has 2 N–H and O–H groups in total. The molecule has 3 atom stereocenters. The molecule has 5 nitrogen and oxygen atoms in total. The molecule has 2 heterocycles. The Hall–Kier alpha value is -0.0700. The minimum Gasteiger partial charge on any atom is -0.378 e. The van der Waals surface area contributed by atoms with Crippen LogP contribution in [0.1, 0.15) is 19.8 Å². The molecule has 2 saturated heterocycles. The highest BCUT2D eigenvalue weighted by atomic mass is 35.5. The van der Waals surface area contributed by atoms with E-state index in [-0.39, 0.29) is 36.8 Å². The van der Waals surface area contributed by atoms with Gasteiger partial charge in [0.1, 0.15) is 6.04 Å². The van der Waals surface area contributed by atoms with E-state index in [4.69, 9.17) is 4.74 Å². The van der Waals surface area contributed by atoms with Crippen molar-refractivity contribution in [2.24, 2.45) is 0 Å². The van der Waals surface area contributed by atoms with Crippen LogP contribution < -0.4 is 10.6 Å². The van der Waals surface area contributed by atoms with Crippen molar-refractivity contribution in [2.75, 3.05) is 33.4 Å². The quantitative estimate of drug-likeness (QED) is 0.776. The van der Waals surface area contributed by atoms with Gasteiger partial charge in [0.2, 0.25) is 5.91 Å². The van der Waals surface area contributed by atoms with Gasteiger partial charge in [0.25, 0.3) is 0 Å². The summed E-state index contributed by atoms with van der Waals surface area (Å²) in [5.74, 6) is 0.0893. The molecule has 0 saturated carbocycles. The number of halogens is 2. The Morgan fingerprint density at radius 3 is 2.74 bits per heavy atom. The predicted molar refractivity (Wildman–Crippen MR) is 80.4 cm³/mol. The summed E-state index contributed by atoms with van der Waals surface area (Å²) in [4.78, 5) is 14.3. The van der Waals surface area contributed by atoms with Crippen LogP contribution >= 0.6 is 24.8 Å². The number of nitrogens with zero attached hydrogens (tertiary/aromatic N) is 1. The Morgan fingerprint density at radius 1 is 1.42 bits per heavy atom. The molecule has 2 aliphatic rings. The molecule has 2 fully saturated rings. The van der Waals surface area contributed by atoms with Crippen LogP contribution in [-0.4, -0.2) is 62.3 Å². The zero-order valence-electron chi connectivity index (χ0n) is 11.6. The van der Waals surface area contributed by atoms with Gasteiger partial charge in [-0.05, 0) is 26.8 Å². The first-order valence-electron chi connectivity index (χ1n) is 6.48. The molecule has 7 heteroatoms. The maximum absolute atomic E-state index is 12.0. The SMILES string of the molecule is CC1CC(NC(=O)C2COCCN2)CCN1C.Cl.Cl. The second-order valence-corrected chi connectivity index (χ2v) is 5.14. The smallest absolute Gasteiger partial charge is 0.239 e. The van der Waals surface area contributed by atoms with E-state index >= 15 is 0 Å². The number of nitrogens with one attached hydrogen (secondary N) is 2. The van der Waals surface area contributed by atoms with Crippen molar-refractivity contribution in [3.63, 3.8) is 0 Å². The molecule has 0 bridgehead atoms. The highest BCUT2D eigenvalue weighted by molar-refractivity contribution is 5.85. The fourth-order valence-electron chi connectivity index (χ4n) is 2.46. The largest absolute Gasteiger partial charge is 0.378 e. The summed E-state index contributed by atoms with van der Waals surface area (Å²) in [5.41, 5.74) is 0. The van der Waals surface area contributed by atoms with Crippen molar-refractivity contribution in [3.8, 4) is 0 Å². The van der Waals surface area contributed by atoms with Gasteiger partial charge in [-0.2, -0.15) is 0 Å². The van der Waals surface area contributed by atoms with Gasteiger partial charge in [-0.15, -0.1) is 24.8 Å². The maximum atomic E-state index is 12.0. The third-order valence-electron chi connectivity index (χ3n) is 3.79. The van der Waals surface area contributed by atoms with Gasteiger partial charge < -0.3 is 20.3 Å². The molecule has 2 aliphatic heterocycles. The van der Waals surface area contributed by atoms with Gasteiger partial charge >= 0.3 is 0 Å². The van der Waals surface area contributed by atoms with Gasteiger partial charge in [-0.1, -0.05) is 0 Å². The predicted octanol–water partition coefficient (Wildman–Crippen LogP) is 0.417. The average molecular weight is 314 g/mol. The van der Waals surface area contributed by atoms with Crippen LogP contribution in [0.25, 0.3) is 0 Å². The first-order valence-corrected chi connectivity index (χ1v) is 6.48. The second-order valence-electron chi connectivity index (χ2n) is 5.14. The standard InChI is InChI=1S/C12H23N3O2.2ClH/c1-9-7-10(3-5-15(9)2)14-12(16)11-8-17-6-4-13-11;;/h9-11,13H,3-8H2,1-2H3,(H,14,16);2*1H. The third kappa shape index (κ3) is 5.44. The van der Waals surface area contributed by atoms with Gasteiger partial charge in [0.05, 0.1) is 13.2 Å². The Balaban J connectivity index is 0.00000162. The van der Waals surface area contributed by atoms with Crippen LogP contribution in [0.5, 0.6) is 0 Å². The average Bonchev–Trinajstić information content (AvgIpc) is 2.35. The Labute approximate surface area is 127 Å². The lowest BCUT2D eigenvalue weighted by Crippen LogP contribution is -2.55. The summed E-state index contributed by atoms with van der Waals surface area (Å²) in [6, 6.07) is 0.695. The Kier molecular flexibility index (Phi) is 8.94. The summed E-state index contributed by atoms with van der Waals surface area (Å²) in [7, 11) is 2.14. The van der Waals surface area contributed by atoms with Gasteiger partial charge in [0, 0.05) is 25.2 Å². The molecular weight excluding hydrogens is 289 g/mol. The highest BCUT2D eigenvalue weighted by Crippen LogP contribution is 2.15. The number of hydrogen-bond acceptors (Lipinski definition) is 4. The van der Waals surface area contributed by atoms with Crippen molar-refractivity contribution in [2.45, 2.75) is 37.9 Å². The van der Waals surface area contributed by atoms with Crippen molar-refractivity contribution in [3.05, 3.63) is 0 Å². The number of ether oxygens (including phenoxy) is 1. The third-order valence-corrected chi connectivity index (χ3v) is 3.79. The molecule has 114 valence electrons. The van der Waals surface area contributed by atoms with E-state index in [0.29, 0.717) is 25.3 Å². The zero-order chi connectivity index (χ0) is 12.3.